The van der Waals surface area contributed by atoms with Gasteiger partial charge in [0.15, 0.2) is 0 Å². The predicted octanol–water partition coefficient (Wildman–Crippen LogP) is 4.48. The minimum atomic E-state index is -1.24. The Morgan fingerprint density at radius 2 is 2.08 bits per heavy atom. The lowest BCUT2D eigenvalue weighted by molar-refractivity contribution is -0.152. The molecular weight excluding hydrogens is 536 g/mol. The van der Waals surface area contributed by atoms with Gasteiger partial charge in [-0.05, 0) is 30.3 Å². The van der Waals surface area contributed by atoms with Crippen LogP contribution in [0.5, 0.6) is 0 Å². The quantitative estimate of drug-likeness (QED) is 0.253. The molecule has 0 spiro atoms. The molecule has 2 aliphatic rings. The number of fused-ring (bicyclic) bond motifs is 4. The number of carboxylic acid groups (broad SMARTS) is 1. The lowest BCUT2D eigenvalue weighted by atomic mass is 10.0. The van der Waals surface area contributed by atoms with Crippen LogP contribution < -0.4 is 5.32 Å². The largest absolute Gasteiger partial charge is 0.480 e. The third-order valence-corrected chi connectivity index (χ3v) is 10.0. The van der Waals surface area contributed by atoms with Crippen LogP contribution in [-0.4, -0.2) is 56.3 Å². The molecule has 6 rings (SSSR count). The zero-order valence-corrected chi connectivity index (χ0v) is 21.7. The summed E-state index contributed by atoms with van der Waals surface area (Å²) >= 11 is 8.65. The van der Waals surface area contributed by atoms with Crippen LogP contribution in [0.1, 0.15) is 11.3 Å². The number of benzene rings is 2. The number of amides is 2. The monoisotopic (exact) mass is 556 g/mol. The molecule has 4 heterocycles. The summed E-state index contributed by atoms with van der Waals surface area (Å²) in [4.78, 5) is 40.0. The number of nitrogens with zero attached hydrogens (tertiary/aromatic N) is 1. The minimum absolute atomic E-state index is 0.0414. The van der Waals surface area contributed by atoms with Crippen LogP contribution in [0.2, 0.25) is 0 Å². The highest BCUT2D eigenvalue weighted by Gasteiger charge is 2.58. The molecule has 0 bridgehead atoms. The number of carbonyl (C=O) groups is 3. The fourth-order valence-electron chi connectivity index (χ4n) is 4.81. The first-order valence-electron chi connectivity index (χ1n) is 11.5. The highest BCUT2D eigenvalue weighted by atomic mass is 35.5. The van der Waals surface area contributed by atoms with Gasteiger partial charge in [-0.15, -0.1) is 35.1 Å². The van der Waals surface area contributed by atoms with Gasteiger partial charge in [0.25, 0.3) is 0 Å². The van der Waals surface area contributed by atoms with E-state index in [0.717, 1.165) is 26.8 Å². The molecule has 37 heavy (non-hydrogen) atoms. The highest BCUT2D eigenvalue weighted by Crippen LogP contribution is 2.47. The van der Waals surface area contributed by atoms with E-state index in [1.807, 2.05) is 36.4 Å². The fraction of sp³-hybridized carbons (Fsp3) is 0.269. The van der Waals surface area contributed by atoms with Crippen molar-refractivity contribution in [2.45, 2.75) is 33.4 Å². The van der Waals surface area contributed by atoms with E-state index in [9.17, 15) is 19.5 Å². The van der Waals surface area contributed by atoms with Crippen molar-refractivity contribution in [3.8, 4) is 0 Å². The molecule has 3 atom stereocenters. The zero-order valence-electron chi connectivity index (χ0n) is 19.3. The number of para-hydroxylation sites is 1. The second-order valence-electron chi connectivity index (χ2n) is 9.06. The van der Waals surface area contributed by atoms with Crippen LogP contribution >= 0.6 is 35.1 Å². The summed E-state index contributed by atoms with van der Waals surface area (Å²) in [6.07, 6.45) is 1.53. The number of β-lactam (4-membered cyclic amide) rings is 1. The summed E-state index contributed by atoms with van der Waals surface area (Å²) in [5.41, 5.74) is 2.27. The minimum Gasteiger partial charge on any atom is -0.480 e. The van der Waals surface area contributed by atoms with E-state index in [0.29, 0.717) is 17.2 Å². The third-order valence-electron chi connectivity index (χ3n) is 6.68. The topological polar surface area (TPSA) is 113 Å². The standard InChI is InChI=1S/C26H21ClN2O6S2/c27-11-14-3-1-5-18-17-7-6-16(10-19(17)35-22(14)18)37-26(25(32)33)12-29-23(31)21(24(29)36-13-26)28-20(30)9-15-4-2-8-34-15/h1-8,10,21,24H,9,11-13H2,(H,28,30)(H,32,33)/t21-,24-,26?/m1/s1. The van der Waals surface area contributed by atoms with E-state index in [-0.39, 0.29) is 35.9 Å². The number of aliphatic carboxylic acids is 1. The lowest BCUT2D eigenvalue weighted by Gasteiger charge is -2.53. The Bertz CT molecular complexity index is 1540. The number of furan rings is 2. The van der Waals surface area contributed by atoms with E-state index in [4.69, 9.17) is 20.4 Å². The van der Waals surface area contributed by atoms with Crippen LogP contribution in [-0.2, 0) is 26.7 Å². The fourth-order valence-corrected chi connectivity index (χ4v) is 7.90. The summed E-state index contributed by atoms with van der Waals surface area (Å²) in [5.74, 6) is -0.463. The lowest BCUT2D eigenvalue weighted by Crippen LogP contribution is -2.74. The molecule has 11 heteroatoms. The predicted molar refractivity (Wildman–Crippen MR) is 142 cm³/mol. The first-order chi connectivity index (χ1) is 17.9. The Morgan fingerprint density at radius 1 is 1.22 bits per heavy atom. The molecule has 2 aromatic heterocycles. The zero-order chi connectivity index (χ0) is 25.7. The van der Waals surface area contributed by atoms with Gasteiger partial charge in [-0.2, -0.15) is 0 Å². The normalized spacial score (nSPS) is 23.2. The maximum atomic E-state index is 12.9. The number of rotatable bonds is 7. The molecule has 190 valence electrons. The molecule has 2 aliphatic heterocycles. The van der Waals surface area contributed by atoms with Crippen molar-refractivity contribution >= 4 is 74.8 Å². The molecule has 0 radical (unpaired) electrons. The molecule has 0 saturated carbocycles. The van der Waals surface area contributed by atoms with Gasteiger partial charge in [0.1, 0.15) is 33.1 Å². The van der Waals surface area contributed by atoms with Crippen molar-refractivity contribution in [1.82, 2.24) is 10.2 Å². The van der Waals surface area contributed by atoms with Crippen LogP contribution in [0.25, 0.3) is 21.9 Å². The molecule has 2 N–H and O–H groups in total. The Labute approximate surface area is 224 Å². The molecule has 0 aliphatic carbocycles. The Hall–Kier alpha value is -3.08. The number of carbonyl (C=O) groups excluding carboxylic acids is 2. The summed E-state index contributed by atoms with van der Waals surface area (Å²) < 4.78 is 10.0. The van der Waals surface area contributed by atoms with Gasteiger partial charge in [-0.3, -0.25) is 14.4 Å². The first-order valence-corrected chi connectivity index (χ1v) is 13.9. The summed E-state index contributed by atoms with van der Waals surface area (Å²) in [6.45, 7) is 0.0443. The number of thioether (sulfide) groups is 2. The third kappa shape index (κ3) is 4.17. The number of nitrogens with one attached hydrogen (secondary N) is 1. The second-order valence-corrected chi connectivity index (χ2v) is 11.9. The number of hydrogen-bond donors (Lipinski definition) is 2. The summed E-state index contributed by atoms with van der Waals surface area (Å²) in [6, 6.07) is 14.2. The van der Waals surface area contributed by atoms with Gasteiger partial charge in [0.2, 0.25) is 11.8 Å². The smallest absolute Gasteiger partial charge is 0.322 e. The van der Waals surface area contributed by atoms with Crippen LogP contribution in [0.4, 0.5) is 0 Å². The molecule has 8 nitrogen and oxygen atoms in total. The van der Waals surface area contributed by atoms with Crippen molar-refractivity contribution < 1.29 is 28.3 Å². The maximum Gasteiger partial charge on any atom is 0.322 e. The number of carboxylic acids is 1. The van der Waals surface area contributed by atoms with Crippen molar-refractivity contribution in [1.29, 1.82) is 0 Å². The number of alkyl halides is 1. The van der Waals surface area contributed by atoms with E-state index < -0.39 is 16.8 Å². The average molecular weight is 557 g/mol. The van der Waals surface area contributed by atoms with Crippen LogP contribution in [0.3, 0.4) is 0 Å². The van der Waals surface area contributed by atoms with E-state index >= 15 is 0 Å². The van der Waals surface area contributed by atoms with Gasteiger partial charge in [-0.25, -0.2) is 0 Å². The van der Waals surface area contributed by atoms with E-state index in [2.05, 4.69) is 5.32 Å². The van der Waals surface area contributed by atoms with Crippen LogP contribution in [0, 0.1) is 0 Å². The Kier molecular flexibility index (Phi) is 6.13. The Balaban J connectivity index is 1.19. The molecule has 2 aromatic carbocycles. The van der Waals surface area contributed by atoms with Gasteiger partial charge >= 0.3 is 5.97 Å². The molecule has 2 saturated heterocycles. The first kappa shape index (κ1) is 24.3. The van der Waals surface area contributed by atoms with Gasteiger partial charge in [0.05, 0.1) is 18.6 Å². The summed E-state index contributed by atoms with van der Waals surface area (Å²) in [7, 11) is 0. The van der Waals surface area contributed by atoms with Gasteiger partial charge < -0.3 is 24.2 Å². The average Bonchev–Trinajstić information content (AvgIpc) is 3.54. The SMILES string of the molecule is O=C(Cc1ccco1)N[C@@H]1C(=O)N2CC(Sc3ccc4c(c3)oc3c(CCl)cccc34)(C(=O)O)CS[C@H]12. The molecular formula is C26H21ClN2O6S2. The highest BCUT2D eigenvalue weighted by molar-refractivity contribution is 8.05. The summed E-state index contributed by atoms with van der Waals surface area (Å²) in [5, 5.41) is 14.6. The van der Waals surface area contributed by atoms with E-state index in [1.165, 1.54) is 29.8 Å². The van der Waals surface area contributed by atoms with Gasteiger partial charge in [0, 0.05) is 33.5 Å². The molecule has 4 aromatic rings. The van der Waals surface area contributed by atoms with Gasteiger partial charge in [-0.1, -0.05) is 18.2 Å². The number of hydrogen-bond acceptors (Lipinski definition) is 7. The second kappa shape index (κ2) is 9.34. The van der Waals surface area contributed by atoms with Crippen molar-refractivity contribution in [3.63, 3.8) is 0 Å². The van der Waals surface area contributed by atoms with E-state index in [1.54, 1.807) is 17.0 Å². The van der Waals surface area contributed by atoms with Crippen molar-refractivity contribution in [3.05, 3.63) is 66.1 Å². The van der Waals surface area contributed by atoms with Crippen LogP contribution in [0.15, 0.2) is 68.5 Å². The Morgan fingerprint density at radius 3 is 2.84 bits per heavy atom. The van der Waals surface area contributed by atoms with Crippen molar-refractivity contribution in [2.75, 3.05) is 12.3 Å². The number of halogens is 1. The maximum absolute atomic E-state index is 12.9. The molecule has 2 fully saturated rings. The molecule has 2 amide bonds. The molecule has 1 unspecified atom stereocenters. The van der Waals surface area contributed by atoms with Crippen molar-refractivity contribution in [2.24, 2.45) is 0 Å².